The number of halogens is 2. The molecule has 1 fully saturated rings. The van der Waals surface area contributed by atoms with Crippen LogP contribution in [0, 0.1) is 0 Å². The fourth-order valence-corrected chi connectivity index (χ4v) is 3.60. The summed E-state index contributed by atoms with van der Waals surface area (Å²) < 4.78 is 29.0. The van der Waals surface area contributed by atoms with Crippen LogP contribution in [-0.2, 0) is 6.54 Å². The lowest BCUT2D eigenvalue weighted by atomic mass is 10.1. The molecule has 9 heteroatoms. The van der Waals surface area contributed by atoms with Crippen molar-refractivity contribution in [2.45, 2.75) is 31.5 Å². The number of hydrogen-bond acceptors (Lipinski definition) is 5. The Kier molecular flexibility index (Phi) is 5.50. The van der Waals surface area contributed by atoms with Crippen molar-refractivity contribution in [3.63, 3.8) is 0 Å². The van der Waals surface area contributed by atoms with Crippen LogP contribution in [0.5, 0.6) is 0 Å². The highest BCUT2D eigenvalue weighted by Crippen LogP contribution is 2.22. The summed E-state index contributed by atoms with van der Waals surface area (Å²) in [5.74, 6) is -0.0506. The van der Waals surface area contributed by atoms with E-state index in [0.29, 0.717) is 30.9 Å². The van der Waals surface area contributed by atoms with Gasteiger partial charge in [0.25, 0.3) is 12.3 Å². The van der Waals surface area contributed by atoms with Gasteiger partial charge in [0.05, 0.1) is 18.2 Å². The van der Waals surface area contributed by atoms with Gasteiger partial charge in [-0.15, -0.1) is 0 Å². The molecule has 0 spiro atoms. The standard InChI is InChI=1S/C20H21F2N5O2/c21-19(22)17(13-4-3-7-23-10-13)25-20(29)18-15-5-1-2-8-27(15)16(24-18)12-26-9-6-14(28)11-26/h1-5,7-8,10,14,17,19,28H,6,9,11-12H2,(H,25,29). The number of rotatable bonds is 6. The maximum absolute atomic E-state index is 13.6. The molecule has 3 aromatic heterocycles. The Morgan fingerprint density at radius 2 is 2.17 bits per heavy atom. The van der Waals surface area contributed by atoms with Crippen LogP contribution in [0.25, 0.3) is 5.52 Å². The van der Waals surface area contributed by atoms with Crippen molar-refractivity contribution in [3.05, 3.63) is 66.0 Å². The van der Waals surface area contributed by atoms with Gasteiger partial charge >= 0.3 is 0 Å². The predicted octanol–water partition coefficient (Wildman–Crippen LogP) is 2.03. The van der Waals surface area contributed by atoms with E-state index in [-0.39, 0.29) is 17.4 Å². The second kappa shape index (κ2) is 8.22. The molecule has 4 heterocycles. The van der Waals surface area contributed by atoms with Gasteiger partial charge in [-0.1, -0.05) is 12.1 Å². The van der Waals surface area contributed by atoms with Crippen molar-refractivity contribution >= 4 is 11.4 Å². The number of carbonyl (C=O) groups is 1. The number of alkyl halides is 2. The smallest absolute Gasteiger partial charge is 0.272 e. The maximum Gasteiger partial charge on any atom is 0.272 e. The minimum absolute atomic E-state index is 0.0925. The number of amides is 1. The van der Waals surface area contributed by atoms with E-state index < -0.39 is 18.4 Å². The molecule has 1 amide bonds. The number of imidazole rings is 1. The monoisotopic (exact) mass is 401 g/mol. The number of carbonyl (C=O) groups excluding carboxylic acids is 1. The minimum atomic E-state index is -2.79. The number of fused-ring (bicyclic) bond motifs is 1. The normalized spacial score (nSPS) is 18.4. The molecular weight excluding hydrogens is 380 g/mol. The summed E-state index contributed by atoms with van der Waals surface area (Å²) >= 11 is 0. The zero-order chi connectivity index (χ0) is 20.4. The van der Waals surface area contributed by atoms with Gasteiger partial charge in [-0.3, -0.25) is 14.7 Å². The first kappa shape index (κ1) is 19.4. The summed E-state index contributed by atoms with van der Waals surface area (Å²) in [7, 11) is 0. The molecule has 0 aromatic carbocycles. The first-order chi connectivity index (χ1) is 14.0. The number of nitrogens with zero attached hydrogens (tertiary/aromatic N) is 4. The number of β-amino-alcohol motifs (C(OH)–C–C–N with tert-alkyl or cyclic N) is 1. The summed E-state index contributed by atoms with van der Waals surface area (Å²) in [5.41, 5.74) is 0.861. The van der Waals surface area contributed by atoms with E-state index in [4.69, 9.17) is 0 Å². The third kappa shape index (κ3) is 4.10. The van der Waals surface area contributed by atoms with Crippen LogP contribution in [0.2, 0.25) is 0 Å². The summed E-state index contributed by atoms with van der Waals surface area (Å²) in [6.45, 7) is 1.73. The molecule has 7 nitrogen and oxygen atoms in total. The van der Waals surface area contributed by atoms with Gasteiger partial charge in [0.15, 0.2) is 5.69 Å². The highest BCUT2D eigenvalue weighted by Gasteiger charge is 2.28. The number of likely N-dealkylation sites (tertiary alicyclic amines) is 1. The number of aromatic nitrogens is 3. The lowest BCUT2D eigenvalue weighted by Crippen LogP contribution is -2.33. The molecule has 1 aliphatic rings. The number of aliphatic hydroxyl groups excluding tert-OH is 1. The van der Waals surface area contributed by atoms with Crippen molar-refractivity contribution in [2.24, 2.45) is 0 Å². The van der Waals surface area contributed by atoms with Crippen molar-refractivity contribution in [3.8, 4) is 0 Å². The molecule has 0 radical (unpaired) electrons. The number of aliphatic hydroxyl groups is 1. The molecule has 1 saturated heterocycles. The van der Waals surface area contributed by atoms with Crippen LogP contribution in [-0.4, -0.2) is 55.9 Å². The molecule has 29 heavy (non-hydrogen) atoms. The Balaban J connectivity index is 1.62. The third-order valence-corrected chi connectivity index (χ3v) is 5.03. The van der Waals surface area contributed by atoms with Crippen molar-refractivity contribution < 1.29 is 18.7 Å². The fraction of sp³-hybridized carbons (Fsp3) is 0.350. The van der Waals surface area contributed by atoms with Crippen LogP contribution < -0.4 is 5.32 Å². The van der Waals surface area contributed by atoms with Crippen LogP contribution in [0.4, 0.5) is 8.78 Å². The Hall–Kier alpha value is -2.91. The van der Waals surface area contributed by atoms with Crippen molar-refractivity contribution in [2.75, 3.05) is 13.1 Å². The van der Waals surface area contributed by atoms with E-state index >= 15 is 0 Å². The zero-order valence-corrected chi connectivity index (χ0v) is 15.6. The topological polar surface area (TPSA) is 82.8 Å². The lowest BCUT2D eigenvalue weighted by molar-refractivity contribution is 0.0741. The number of nitrogens with one attached hydrogen (secondary N) is 1. The molecule has 1 aliphatic heterocycles. The van der Waals surface area contributed by atoms with Crippen molar-refractivity contribution in [1.29, 1.82) is 0 Å². The highest BCUT2D eigenvalue weighted by atomic mass is 19.3. The molecule has 2 atom stereocenters. The first-order valence-electron chi connectivity index (χ1n) is 9.38. The Bertz CT molecular complexity index is 995. The van der Waals surface area contributed by atoms with Gasteiger partial charge in [-0.05, 0) is 30.2 Å². The minimum Gasteiger partial charge on any atom is -0.392 e. The van der Waals surface area contributed by atoms with Gasteiger partial charge in [-0.2, -0.15) is 0 Å². The molecule has 2 unspecified atom stereocenters. The SMILES string of the molecule is O=C(NC(c1cccnc1)C(F)F)c1nc(CN2CCC(O)C2)n2ccccc12. The molecular formula is C20H21F2N5O2. The third-order valence-electron chi connectivity index (χ3n) is 5.03. The Labute approximate surface area is 166 Å². The zero-order valence-electron chi connectivity index (χ0n) is 15.6. The molecule has 4 rings (SSSR count). The number of pyridine rings is 2. The van der Waals surface area contributed by atoms with E-state index in [1.165, 1.54) is 18.5 Å². The van der Waals surface area contributed by atoms with E-state index in [1.807, 2.05) is 11.0 Å². The molecule has 3 aromatic rings. The second-order valence-corrected chi connectivity index (χ2v) is 7.08. The van der Waals surface area contributed by atoms with Gasteiger partial charge in [-0.25, -0.2) is 13.8 Å². The first-order valence-corrected chi connectivity index (χ1v) is 9.38. The van der Waals surface area contributed by atoms with Crippen LogP contribution in [0.1, 0.15) is 34.3 Å². The highest BCUT2D eigenvalue weighted by molar-refractivity contribution is 5.99. The quantitative estimate of drug-likeness (QED) is 0.661. The van der Waals surface area contributed by atoms with E-state index in [0.717, 1.165) is 6.54 Å². The largest absolute Gasteiger partial charge is 0.392 e. The van der Waals surface area contributed by atoms with Crippen molar-refractivity contribution in [1.82, 2.24) is 24.6 Å². The van der Waals surface area contributed by atoms with Crippen LogP contribution in [0.3, 0.4) is 0 Å². The van der Waals surface area contributed by atoms with Crippen LogP contribution >= 0.6 is 0 Å². The number of hydrogen-bond donors (Lipinski definition) is 2. The lowest BCUT2D eigenvalue weighted by Gasteiger charge is -2.17. The van der Waals surface area contributed by atoms with Crippen LogP contribution in [0.15, 0.2) is 48.9 Å². The maximum atomic E-state index is 13.6. The van der Waals surface area contributed by atoms with Gasteiger partial charge in [0.2, 0.25) is 0 Å². The molecule has 0 bridgehead atoms. The summed E-state index contributed by atoms with van der Waals surface area (Å²) in [6, 6.07) is 6.88. The Morgan fingerprint density at radius 1 is 1.31 bits per heavy atom. The van der Waals surface area contributed by atoms with E-state index in [1.54, 1.807) is 28.8 Å². The fourth-order valence-electron chi connectivity index (χ4n) is 3.60. The molecule has 0 saturated carbocycles. The second-order valence-electron chi connectivity index (χ2n) is 7.08. The average molecular weight is 401 g/mol. The van der Waals surface area contributed by atoms with E-state index in [9.17, 15) is 18.7 Å². The molecule has 152 valence electrons. The summed E-state index contributed by atoms with van der Waals surface area (Å²) in [4.78, 5) is 23.2. The Morgan fingerprint density at radius 3 is 2.86 bits per heavy atom. The molecule has 2 N–H and O–H groups in total. The van der Waals surface area contributed by atoms with E-state index in [2.05, 4.69) is 15.3 Å². The summed E-state index contributed by atoms with van der Waals surface area (Å²) in [6.07, 6.45) is 2.12. The molecule has 0 aliphatic carbocycles. The summed E-state index contributed by atoms with van der Waals surface area (Å²) in [5, 5.41) is 12.1. The van der Waals surface area contributed by atoms with Gasteiger partial charge in [0.1, 0.15) is 11.9 Å². The van der Waals surface area contributed by atoms with Gasteiger partial charge in [0, 0.05) is 31.7 Å². The average Bonchev–Trinajstić information content (AvgIpc) is 3.30. The predicted molar refractivity (Wildman–Crippen MR) is 102 cm³/mol. The van der Waals surface area contributed by atoms with Gasteiger partial charge < -0.3 is 14.8 Å².